The van der Waals surface area contributed by atoms with Gasteiger partial charge in [-0.15, -0.1) is 0 Å². The van der Waals surface area contributed by atoms with Gasteiger partial charge in [0, 0.05) is 12.1 Å². The highest BCUT2D eigenvalue weighted by Crippen LogP contribution is 2.32. The number of hydrogen-bond acceptors (Lipinski definition) is 5. The predicted octanol–water partition coefficient (Wildman–Crippen LogP) is 1.88. The fraction of sp³-hybridized carbons (Fsp3) is 0.400. The van der Waals surface area contributed by atoms with Crippen LogP contribution >= 0.6 is 15.9 Å². The number of ether oxygens (including phenoxy) is 2. The van der Waals surface area contributed by atoms with Gasteiger partial charge in [-0.2, -0.15) is 0 Å². The third-order valence-electron chi connectivity index (χ3n) is 1.92. The molecule has 1 rings (SSSR count). The molecule has 6 nitrogen and oxygen atoms in total. The van der Waals surface area contributed by atoms with Crippen LogP contribution in [0.2, 0.25) is 0 Å². The minimum atomic E-state index is -0.659. The molecule has 18 heavy (non-hydrogen) atoms. The van der Waals surface area contributed by atoms with E-state index in [9.17, 15) is 14.5 Å². The second-order valence-corrected chi connectivity index (χ2v) is 4.03. The Morgan fingerprint density at radius 1 is 1.39 bits per heavy atom. The van der Waals surface area contributed by atoms with Gasteiger partial charge in [-0.25, -0.2) is 4.39 Å². The van der Waals surface area contributed by atoms with E-state index >= 15 is 0 Å². The summed E-state index contributed by atoms with van der Waals surface area (Å²) in [5.41, 5.74) is -0.328. The lowest BCUT2D eigenvalue weighted by Crippen LogP contribution is -2.10. The largest absolute Gasteiger partial charge is 0.484 e. The van der Waals surface area contributed by atoms with E-state index in [-0.39, 0.29) is 42.3 Å². The molecule has 0 aromatic heterocycles. The molecule has 0 saturated heterocycles. The average Bonchev–Trinajstić information content (AvgIpc) is 2.32. The first-order chi connectivity index (χ1) is 8.56. The van der Waals surface area contributed by atoms with Crippen molar-refractivity contribution in [3.63, 3.8) is 0 Å². The van der Waals surface area contributed by atoms with Gasteiger partial charge in [0.05, 0.1) is 29.2 Å². The first-order valence-electron chi connectivity index (χ1n) is 5.01. The van der Waals surface area contributed by atoms with E-state index in [1.54, 1.807) is 0 Å². The van der Waals surface area contributed by atoms with Gasteiger partial charge in [0.25, 0.3) is 0 Å². The molecule has 100 valence electrons. The van der Waals surface area contributed by atoms with Gasteiger partial charge in [-0.05, 0) is 15.9 Å². The van der Waals surface area contributed by atoms with Crippen molar-refractivity contribution in [3.8, 4) is 5.75 Å². The smallest absolute Gasteiger partial charge is 0.312 e. The molecule has 0 aliphatic carbocycles. The Hall–Kier alpha value is -1.25. The van der Waals surface area contributed by atoms with Gasteiger partial charge < -0.3 is 14.6 Å². The lowest BCUT2D eigenvalue weighted by molar-refractivity contribution is -0.386. The van der Waals surface area contributed by atoms with E-state index < -0.39 is 10.7 Å². The maximum Gasteiger partial charge on any atom is 0.312 e. The minimum absolute atomic E-state index is 0.00178. The Morgan fingerprint density at radius 2 is 2.11 bits per heavy atom. The fourth-order valence-corrected chi connectivity index (χ4v) is 1.48. The number of rotatable bonds is 7. The summed E-state index contributed by atoms with van der Waals surface area (Å²) >= 11 is 2.86. The Kier molecular flexibility index (Phi) is 5.96. The summed E-state index contributed by atoms with van der Waals surface area (Å²) in [6, 6.07) is 1.98. The van der Waals surface area contributed by atoms with Crippen molar-refractivity contribution in [2.45, 2.75) is 0 Å². The zero-order chi connectivity index (χ0) is 13.5. The lowest BCUT2D eigenvalue weighted by atomic mass is 10.3. The molecule has 1 aromatic rings. The quantitative estimate of drug-likeness (QED) is 0.470. The Labute approximate surface area is 111 Å². The van der Waals surface area contributed by atoms with Gasteiger partial charge in [0.15, 0.2) is 5.75 Å². The number of nitro groups is 1. The van der Waals surface area contributed by atoms with Crippen molar-refractivity contribution < 1.29 is 23.9 Å². The van der Waals surface area contributed by atoms with E-state index in [2.05, 4.69) is 15.9 Å². The number of benzene rings is 1. The number of hydrogen-bond donors (Lipinski definition) is 1. The van der Waals surface area contributed by atoms with Crippen molar-refractivity contribution in [2.24, 2.45) is 0 Å². The van der Waals surface area contributed by atoms with Crippen LogP contribution in [0.15, 0.2) is 16.6 Å². The van der Waals surface area contributed by atoms with Crippen molar-refractivity contribution in [1.82, 2.24) is 0 Å². The molecule has 0 aliphatic heterocycles. The van der Waals surface area contributed by atoms with Crippen molar-refractivity contribution in [1.29, 1.82) is 0 Å². The molecule has 0 saturated carbocycles. The van der Waals surface area contributed by atoms with Gasteiger partial charge in [0.1, 0.15) is 12.4 Å². The molecule has 8 heteroatoms. The van der Waals surface area contributed by atoms with Gasteiger partial charge in [-0.3, -0.25) is 10.1 Å². The summed E-state index contributed by atoms with van der Waals surface area (Å²) in [5.74, 6) is -0.805. The molecule has 0 amide bonds. The van der Waals surface area contributed by atoms with Crippen molar-refractivity contribution >= 4 is 21.6 Å². The van der Waals surface area contributed by atoms with Crippen LogP contribution in [-0.4, -0.2) is 36.5 Å². The first kappa shape index (κ1) is 14.8. The van der Waals surface area contributed by atoms with E-state index in [0.717, 1.165) is 12.1 Å². The maximum atomic E-state index is 13.2. The third kappa shape index (κ3) is 4.21. The van der Waals surface area contributed by atoms with E-state index in [1.807, 2.05) is 0 Å². The Balaban J connectivity index is 2.68. The number of halogens is 2. The predicted molar refractivity (Wildman–Crippen MR) is 64.2 cm³/mol. The third-order valence-corrected chi connectivity index (χ3v) is 2.53. The fourth-order valence-electron chi connectivity index (χ4n) is 1.15. The SMILES string of the molecule is O=[N+]([O-])c1cc(Br)c(F)cc1OCCOCCO. The van der Waals surface area contributed by atoms with E-state index in [0.29, 0.717) is 0 Å². The molecule has 0 atom stereocenters. The normalized spacial score (nSPS) is 10.4. The molecule has 1 aromatic carbocycles. The number of aliphatic hydroxyl groups excluding tert-OH is 1. The Morgan fingerprint density at radius 3 is 2.72 bits per heavy atom. The van der Waals surface area contributed by atoms with Crippen LogP contribution in [0.5, 0.6) is 5.75 Å². The zero-order valence-electron chi connectivity index (χ0n) is 9.27. The molecular formula is C10H11BrFNO5. The van der Waals surface area contributed by atoms with Crippen LogP contribution in [0.25, 0.3) is 0 Å². The molecule has 1 N–H and O–H groups in total. The second kappa shape index (κ2) is 7.24. The molecule has 0 heterocycles. The molecule has 0 fully saturated rings. The summed E-state index contributed by atoms with van der Waals surface area (Å²) < 4.78 is 23.2. The summed E-state index contributed by atoms with van der Waals surface area (Å²) in [6.45, 7) is 0.213. The molecule has 0 bridgehead atoms. The first-order valence-corrected chi connectivity index (χ1v) is 5.80. The summed E-state index contributed by atoms with van der Waals surface area (Å²) in [6.07, 6.45) is 0. The van der Waals surface area contributed by atoms with Gasteiger partial charge >= 0.3 is 5.69 Å². The molecule has 0 aliphatic rings. The zero-order valence-corrected chi connectivity index (χ0v) is 10.9. The van der Waals surface area contributed by atoms with E-state index in [1.165, 1.54) is 0 Å². The van der Waals surface area contributed by atoms with Crippen LogP contribution in [-0.2, 0) is 4.74 Å². The average molecular weight is 324 g/mol. The monoisotopic (exact) mass is 323 g/mol. The van der Waals surface area contributed by atoms with Crippen LogP contribution in [0.3, 0.4) is 0 Å². The highest BCUT2D eigenvalue weighted by atomic mass is 79.9. The Bertz CT molecular complexity index is 429. The molecular weight excluding hydrogens is 313 g/mol. The molecule has 0 spiro atoms. The standard InChI is InChI=1S/C10H11BrFNO5/c11-7-5-9(13(15)16)10(6-8(7)12)18-4-3-17-2-1-14/h5-6,14H,1-4H2. The van der Waals surface area contributed by atoms with Crippen molar-refractivity contribution in [2.75, 3.05) is 26.4 Å². The highest BCUT2D eigenvalue weighted by Gasteiger charge is 2.18. The topological polar surface area (TPSA) is 81.8 Å². The maximum absolute atomic E-state index is 13.2. The minimum Gasteiger partial charge on any atom is -0.484 e. The summed E-state index contributed by atoms with van der Waals surface area (Å²) in [5, 5.41) is 19.2. The second-order valence-electron chi connectivity index (χ2n) is 3.18. The van der Waals surface area contributed by atoms with Gasteiger partial charge in [-0.1, -0.05) is 0 Å². The number of nitrogens with zero attached hydrogens (tertiary/aromatic N) is 1. The lowest BCUT2D eigenvalue weighted by Gasteiger charge is -2.07. The van der Waals surface area contributed by atoms with Crippen LogP contribution in [0, 0.1) is 15.9 Å². The van der Waals surface area contributed by atoms with Crippen LogP contribution in [0.4, 0.5) is 10.1 Å². The molecule has 0 unspecified atom stereocenters. The summed E-state index contributed by atoms with van der Waals surface area (Å²) in [7, 11) is 0. The van der Waals surface area contributed by atoms with E-state index in [4.69, 9.17) is 14.6 Å². The van der Waals surface area contributed by atoms with Crippen LogP contribution in [0.1, 0.15) is 0 Å². The number of aliphatic hydroxyl groups is 1. The molecule has 0 radical (unpaired) electrons. The van der Waals surface area contributed by atoms with Crippen molar-refractivity contribution in [3.05, 3.63) is 32.5 Å². The van der Waals surface area contributed by atoms with Gasteiger partial charge in [0.2, 0.25) is 0 Å². The van der Waals surface area contributed by atoms with Crippen LogP contribution < -0.4 is 4.74 Å². The highest BCUT2D eigenvalue weighted by molar-refractivity contribution is 9.10. The number of nitro benzene ring substituents is 1. The summed E-state index contributed by atoms with van der Waals surface area (Å²) in [4.78, 5) is 10.1.